The van der Waals surface area contributed by atoms with Crippen LogP contribution in [-0.2, 0) is 33.3 Å². The normalized spacial score (nSPS) is 35.7. The van der Waals surface area contributed by atoms with E-state index < -0.39 is 99.9 Å². The number of Topliss-reactive ketones (excluding diaryl/α,β-unsaturated/α-hetero) is 1. The maximum absolute atomic E-state index is 14.4. The summed E-state index contributed by atoms with van der Waals surface area (Å²) in [5.74, 6) is -7.84. The van der Waals surface area contributed by atoms with Gasteiger partial charge < -0.3 is 73.7 Å². The zero-order valence-corrected chi connectivity index (χ0v) is 47.5. The number of hydrogen-bond donors (Lipinski definition) is 7. The summed E-state index contributed by atoms with van der Waals surface area (Å²) >= 11 is 0. The molecule has 8 rings (SSSR count). The second kappa shape index (κ2) is 23.8. The molecule has 410 valence electrons. The summed E-state index contributed by atoms with van der Waals surface area (Å²) in [7, 11) is 0. The third-order valence-corrected chi connectivity index (χ3v) is 17.5. The van der Waals surface area contributed by atoms with E-state index in [0.717, 1.165) is 12.5 Å². The molecule has 18 atom stereocenters. The van der Waals surface area contributed by atoms with Gasteiger partial charge in [-0.3, -0.25) is 9.59 Å². The molecule has 4 fully saturated rings. The van der Waals surface area contributed by atoms with Gasteiger partial charge in [0.25, 0.3) is 0 Å². The van der Waals surface area contributed by atoms with Crippen molar-refractivity contribution < 1.29 is 108 Å². The molecule has 0 bridgehead atoms. The summed E-state index contributed by atoms with van der Waals surface area (Å²) in [5.41, 5.74) is -1.98. The Morgan fingerprint density at radius 2 is 1.53 bits per heavy atom. The first kappa shape index (κ1) is 60.6. The van der Waals surface area contributed by atoms with Crippen LogP contribution < -0.4 is 40.1 Å². The largest absolute Gasteiger partial charge is 1.00 e. The summed E-state index contributed by atoms with van der Waals surface area (Å²) in [6.07, 6.45) is 5.22. The summed E-state index contributed by atoms with van der Waals surface area (Å²) in [6.45, 7) is 19.5. The summed E-state index contributed by atoms with van der Waals surface area (Å²) in [4.78, 5) is 38.3. The van der Waals surface area contributed by atoms with E-state index in [-0.39, 0.29) is 99.1 Å². The standard InChI is InChI=1S/C42H70O11.C15H10O6.Na/c1-11-29(38(46)47)31-15-14-23(4)36(50-31)27(8)34(44)26(7)35(45)30(12-2)37-24(5)22-25(6)41(51-37)19-16-32(43)42(53-41)21-20-39(10,52-42)33-17-18-40(48,13-3)28(9)49-33;16-8-2-3-9-12(6-8)21-15(14(20)13(9)19)7-1-4-10(17)11(18)5-7;/h16,19,23-34,36-37,43-44,48H,11-15,17-18,20-22H2,1-10H3,(H,46,47);1-6,16-18,20H;/q;;+1/p-1. The molecule has 1 aromatic heterocycles. The number of aliphatic carboxylic acids is 1. The van der Waals surface area contributed by atoms with Crippen LogP contribution in [-0.4, -0.2) is 113 Å². The number of rotatable bonds is 13. The van der Waals surface area contributed by atoms with Crippen LogP contribution >= 0.6 is 0 Å². The molecule has 4 saturated heterocycles. The molecule has 3 aromatic rings. The summed E-state index contributed by atoms with van der Waals surface area (Å²) < 4.78 is 38.9. The molecule has 17 nitrogen and oxygen atoms in total. The van der Waals surface area contributed by atoms with Gasteiger partial charge in [0.2, 0.25) is 17.0 Å². The van der Waals surface area contributed by atoms with Crippen molar-refractivity contribution in [2.45, 2.75) is 199 Å². The van der Waals surface area contributed by atoms with Gasteiger partial charge in [0.1, 0.15) is 23.2 Å². The van der Waals surface area contributed by atoms with E-state index in [1.807, 2.05) is 41.5 Å². The molecular weight excluding hydrogens is 980 g/mol. The van der Waals surface area contributed by atoms with E-state index >= 15 is 0 Å². The average molecular weight is 1060 g/mol. The molecule has 18 unspecified atom stereocenters. The first-order chi connectivity index (χ1) is 34.8. The van der Waals surface area contributed by atoms with Crippen LogP contribution in [0.15, 0.2) is 57.8 Å². The molecule has 5 aliphatic heterocycles. The number of carboxylic acids is 1. The minimum Gasteiger partial charge on any atom is -0.550 e. The number of phenolic OH excluding ortho intramolecular Hbond substituents is 3. The predicted molar refractivity (Wildman–Crippen MR) is 271 cm³/mol. The molecule has 2 spiro atoms. The smallest absolute Gasteiger partial charge is 0.550 e. The number of aliphatic hydroxyl groups is 3. The molecule has 18 heteroatoms. The van der Waals surface area contributed by atoms with Gasteiger partial charge in [-0.05, 0) is 126 Å². The van der Waals surface area contributed by atoms with Crippen LogP contribution in [0.2, 0.25) is 0 Å². The van der Waals surface area contributed by atoms with Gasteiger partial charge in [0.15, 0.2) is 23.0 Å². The molecule has 0 radical (unpaired) electrons. The Morgan fingerprint density at radius 1 is 0.840 bits per heavy atom. The minimum atomic E-state index is -1.37. The second-order valence-corrected chi connectivity index (χ2v) is 22.4. The number of carbonyl (C=O) groups excluding carboxylic acids is 2. The number of hydrogen-bond acceptors (Lipinski definition) is 17. The molecule has 6 heterocycles. The fourth-order valence-corrected chi connectivity index (χ4v) is 12.5. The van der Waals surface area contributed by atoms with Crippen molar-refractivity contribution in [2.24, 2.45) is 41.4 Å². The Bertz CT molecular complexity index is 2590. The van der Waals surface area contributed by atoms with Gasteiger partial charge in [0, 0.05) is 53.6 Å². The molecule has 7 N–H and O–H groups in total. The molecular formula is C57H79NaO17. The summed E-state index contributed by atoms with van der Waals surface area (Å²) in [5, 5.41) is 84.3. The third kappa shape index (κ3) is 11.9. The number of phenols is 3. The quantitative estimate of drug-likeness (QED) is 0.0720. The zero-order chi connectivity index (χ0) is 54.4. The van der Waals surface area contributed by atoms with Crippen LogP contribution in [0.25, 0.3) is 22.3 Å². The van der Waals surface area contributed by atoms with Crippen LogP contribution in [0.5, 0.6) is 23.0 Å². The monoisotopic (exact) mass is 1060 g/mol. The number of ether oxygens (including phenoxy) is 5. The van der Waals surface area contributed by atoms with Crippen molar-refractivity contribution in [1.82, 2.24) is 0 Å². The SMILES string of the molecule is CCC(C(=O)[O-])C1CCC(C)C(C(C)C(O)C(C)C(=O)C(CC)C2OC3(C=CC(O)C4(CCC(C)(C5CCC(O)(CC)C(C)O5)O4)O3)C(C)CC2C)O1.O=c1c(O)c(-c2ccc(O)c(O)c2)oc2cc(O)ccc12.[Na+]. The fourth-order valence-electron chi connectivity index (χ4n) is 12.5. The maximum atomic E-state index is 14.4. The van der Waals surface area contributed by atoms with Gasteiger partial charge in [-0.2, -0.15) is 0 Å². The molecule has 75 heavy (non-hydrogen) atoms. The molecule has 5 aliphatic rings. The first-order valence-electron chi connectivity index (χ1n) is 26.7. The van der Waals surface area contributed by atoms with E-state index in [1.54, 1.807) is 19.1 Å². The number of ketones is 1. The number of benzene rings is 2. The van der Waals surface area contributed by atoms with Gasteiger partial charge in [-0.15, -0.1) is 0 Å². The third-order valence-electron chi connectivity index (χ3n) is 17.5. The molecule has 2 aromatic carbocycles. The zero-order valence-electron chi connectivity index (χ0n) is 45.5. The Labute approximate surface area is 461 Å². The number of carbonyl (C=O) groups is 2. The number of fused-ring (bicyclic) bond motifs is 1. The Morgan fingerprint density at radius 3 is 2.16 bits per heavy atom. The molecule has 0 amide bonds. The molecule has 0 saturated carbocycles. The first-order valence-corrected chi connectivity index (χ1v) is 26.7. The van der Waals surface area contributed by atoms with E-state index in [1.165, 1.54) is 30.3 Å². The van der Waals surface area contributed by atoms with E-state index in [4.69, 9.17) is 28.1 Å². The van der Waals surface area contributed by atoms with Crippen molar-refractivity contribution in [1.29, 1.82) is 0 Å². The van der Waals surface area contributed by atoms with E-state index in [9.17, 15) is 55.2 Å². The van der Waals surface area contributed by atoms with Crippen LogP contribution in [0.4, 0.5) is 0 Å². The molecule has 0 aliphatic carbocycles. The Balaban J connectivity index is 0.000000345. The van der Waals surface area contributed by atoms with Crippen LogP contribution in [0.3, 0.4) is 0 Å². The van der Waals surface area contributed by atoms with Gasteiger partial charge in [-0.25, -0.2) is 0 Å². The van der Waals surface area contributed by atoms with Crippen molar-refractivity contribution >= 4 is 22.7 Å². The van der Waals surface area contributed by atoms with E-state index in [0.29, 0.717) is 57.8 Å². The average Bonchev–Trinajstić information content (AvgIpc) is 3.71. The van der Waals surface area contributed by atoms with Gasteiger partial charge in [0.05, 0.1) is 53.2 Å². The Kier molecular flexibility index (Phi) is 19.2. The van der Waals surface area contributed by atoms with Crippen LogP contribution in [0.1, 0.15) is 133 Å². The van der Waals surface area contributed by atoms with Crippen molar-refractivity contribution in [3.63, 3.8) is 0 Å². The number of carboxylic acid groups (broad SMARTS) is 1. The number of aromatic hydroxyl groups is 4. The Hall–Kier alpha value is -3.59. The van der Waals surface area contributed by atoms with Crippen molar-refractivity contribution in [3.8, 4) is 34.3 Å². The van der Waals surface area contributed by atoms with Crippen molar-refractivity contribution in [3.05, 3.63) is 58.8 Å². The van der Waals surface area contributed by atoms with Gasteiger partial charge >= 0.3 is 29.6 Å². The van der Waals surface area contributed by atoms with E-state index in [2.05, 4.69) is 20.8 Å². The maximum Gasteiger partial charge on any atom is 1.00 e. The second-order valence-electron chi connectivity index (χ2n) is 22.4. The minimum absolute atomic E-state index is 0. The topological polar surface area (TPSA) is 275 Å². The summed E-state index contributed by atoms with van der Waals surface area (Å²) in [6, 6.07) is 7.64. The number of aliphatic hydroxyl groups excluding tert-OH is 2. The predicted octanol–water partition coefficient (Wildman–Crippen LogP) is 4.14. The van der Waals surface area contributed by atoms with Gasteiger partial charge in [-0.1, -0.05) is 55.4 Å². The van der Waals surface area contributed by atoms with Crippen molar-refractivity contribution in [2.75, 3.05) is 0 Å². The fraction of sp³-hybridized carbons (Fsp3) is 0.667. The van der Waals surface area contributed by atoms with Crippen LogP contribution in [0, 0.1) is 41.4 Å².